The van der Waals surface area contributed by atoms with Crippen molar-refractivity contribution in [2.45, 2.75) is 38.9 Å². The molecule has 0 saturated carbocycles. The van der Waals surface area contributed by atoms with Crippen molar-refractivity contribution in [2.75, 3.05) is 32.7 Å². The number of benzene rings is 2. The van der Waals surface area contributed by atoms with E-state index in [1.165, 1.54) is 16.7 Å². The Morgan fingerprint density at radius 2 is 1.75 bits per heavy atom. The minimum atomic E-state index is 0.116. The summed E-state index contributed by atoms with van der Waals surface area (Å²) in [6.07, 6.45) is 5.56. The van der Waals surface area contributed by atoms with Crippen molar-refractivity contribution < 1.29 is 4.79 Å². The largest absolute Gasteiger partial charge is 0.339 e. The van der Waals surface area contributed by atoms with E-state index in [4.69, 9.17) is 0 Å². The summed E-state index contributed by atoms with van der Waals surface area (Å²) in [5.74, 6) is 0.116. The lowest BCUT2D eigenvalue weighted by atomic mass is 9.96. The Labute approximate surface area is 192 Å². The molecule has 2 aromatic carbocycles. The summed E-state index contributed by atoms with van der Waals surface area (Å²) in [5.41, 5.74) is 4.80. The Balaban J connectivity index is 1.55. The average molecular weight is 430 g/mol. The molecule has 1 amide bonds. The molecule has 2 aromatic rings. The van der Waals surface area contributed by atoms with Crippen molar-refractivity contribution in [3.63, 3.8) is 0 Å². The minimum absolute atomic E-state index is 0.116. The van der Waals surface area contributed by atoms with Crippen LogP contribution in [0.15, 0.2) is 73.3 Å². The van der Waals surface area contributed by atoms with Crippen LogP contribution in [-0.4, -0.2) is 65.4 Å². The molecule has 1 saturated heterocycles. The third-order valence-electron chi connectivity index (χ3n) is 6.89. The van der Waals surface area contributed by atoms with E-state index in [1.807, 2.05) is 37.0 Å². The van der Waals surface area contributed by atoms with Crippen molar-refractivity contribution in [3.8, 4) is 0 Å². The monoisotopic (exact) mass is 429 g/mol. The third kappa shape index (κ3) is 4.72. The van der Waals surface area contributed by atoms with Gasteiger partial charge in [0, 0.05) is 56.9 Å². The summed E-state index contributed by atoms with van der Waals surface area (Å²) >= 11 is 0. The lowest BCUT2D eigenvalue weighted by Crippen LogP contribution is -2.56. The van der Waals surface area contributed by atoms with Gasteiger partial charge in [0.1, 0.15) is 0 Å². The van der Waals surface area contributed by atoms with Gasteiger partial charge < -0.3 is 4.90 Å². The van der Waals surface area contributed by atoms with E-state index in [0.29, 0.717) is 12.1 Å². The normalized spacial score (nSPS) is 21.1. The molecular weight excluding hydrogens is 394 g/mol. The third-order valence-corrected chi connectivity index (χ3v) is 6.89. The zero-order chi connectivity index (χ0) is 22.5. The molecular formula is C28H35N3O. The van der Waals surface area contributed by atoms with Gasteiger partial charge in [0.25, 0.3) is 5.91 Å². The molecule has 4 heteroatoms. The second-order valence-corrected chi connectivity index (χ2v) is 8.78. The molecule has 32 heavy (non-hydrogen) atoms. The molecule has 1 fully saturated rings. The van der Waals surface area contributed by atoms with Crippen LogP contribution in [0.2, 0.25) is 0 Å². The SMILES string of the molecule is C=CCN1C[C@H]2C(c3ccccc3)=CC[C@@H]1CN2Cc1ccc(C(=O)N(CC)CC)cc1. The van der Waals surface area contributed by atoms with E-state index in [2.05, 4.69) is 64.9 Å². The summed E-state index contributed by atoms with van der Waals surface area (Å²) < 4.78 is 0. The van der Waals surface area contributed by atoms with Gasteiger partial charge >= 0.3 is 0 Å². The zero-order valence-electron chi connectivity index (χ0n) is 19.4. The average Bonchev–Trinajstić information content (AvgIpc) is 3.11. The number of amides is 1. The quantitative estimate of drug-likeness (QED) is 0.569. The summed E-state index contributed by atoms with van der Waals surface area (Å²) in [6.45, 7) is 13.4. The van der Waals surface area contributed by atoms with Gasteiger partial charge in [-0.25, -0.2) is 0 Å². The van der Waals surface area contributed by atoms with Crippen LogP contribution in [0, 0.1) is 0 Å². The van der Waals surface area contributed by atoms with Gasteiger partial charge in [0.05, 0.1) is 0 Å². The van der Waals surface area contributed by atoms with Crippen molar-refractivity contribution in [1.29, 1.82) is 0 Å². The molecule has 0 spiro atoms. The number of rotatable bonds is 8. The van der Waals surface area contributed by atoms with E-state index in [-0.39, 0.29) is 5.91 Å². The van der Waals surface area contributed by atoms with Crippen molar-refractivity contribution in [3.05, 3.63) is 90.0 Å². The summed E-state index contributed by atoms with van der Waals surface area (Å²) in [6, 6.07) is 19.9. The second kappa shape index (κ2) is 10.3. The molecule has 2 atom stereocenters. The number of hydrogen-bond acceptors (Lipinski definition) is 3. The highest BCUT2D eigenvalue weighted by atomic mass is 16.2. The zero-order valence-corrected chi connectivity index (χ0v) is 19.4. The fraction of sp³-hybridized carbons (Fsp3) is 0.393. The summed E-state index contributed by atoms with van der Waals surface area (Å²) in [7, 11) is 0. The van der Waals surface area contributed by atoms with Gasteiger partial charge in [-0.1, -0.05) is 54.6 Å². The molecule has 2 bridgehead atoms. The minimum Gasteiger partial charge on any atom is -0.339 e. The molecule has 0 aromatic heterocycles. The maximum Gasteiger partial charge on any atom is 0.253 e. The number of carbonyl (C=O) groups excluding carboxylic acids is 1. The maximum absolute atomic E-state index is 12.6. The molecule has 5 rings (SSSR count). The second-order valence-electron chi connectivity index (χ2n) is 8.78. The molecule has 0 radical (unpaired) electrons. The molecule has 0 unspecified atom stereocenters. The first kappa shape index (κ1) is 22.5. The predicted molar refractivity (Wildman–Crippen MR) is 132 cm³/mol. The van der Waals surface area contributed by atoms with Crippen LogP contribution in [0.3, 0.4) is 0 Å². The Kier molecular flexibility index (Phi) is 7.23. The van der Waals surface area contributed by atoms with Crippen LogP contribution >= 0.6 is 0 Å². The molecule has 0 aliphatic carbocycles. The van der Waals surface area contributed by atoms with Crippen LogP contribution in [0.1, 0.15) is 41.8 Å². The molecule has 3 aliphatic heterocycles. The number of carbonyl (C=O) groups is 1. The Morgan fingerprint density at radius 1 is 1.03 bits per heavy atom. The van der Waals surface area contributed by atoms with Crippen molar-refractivity contribution in [1.82, 2.24) is 14.7 Å². The molecule has 3 heterocycles. The van der Waals surface area contributed by atoms with Crippen LogP contribution < -0.4 is 0 Å². The highest BCUT2D eigenvalue weighted by Crippen LogP contribution is 2.34. The topological polar surface area (TPSA) is 26.8 Å². The van der Waals surface area contributed by atoms with Gasteiger partial charge in [-0.15, -0.1) is 6.58 Å². The molecule has 4 nitrogen and oxygen atoms in total. The van der Waals surface area contributed by atoms with Gasteiger partial charge in [-0.05, 0) is 49.1 Å². The van der Waals surface area contributed by atoms with Gasteiger partial charge in [-0.2, -0.15) is 0 Å². The van der Waals surface area contributed by atoms with Crippen molar-refractivity contribution in [2.24, 2.45) is 0 Å². The van der Waals surface area contributed by atoms with Gasteiger partial charge in [-0.3, -0.25) is 14.6 Å². The first-order valence-corrected chi connectivity index (χ1v) is 11.9. The standard InChI is InChI=1S/C28H35N3O/c1-4-18-30-21-27-26(23-10-8-7-9-11-23)17-16-25(30)20-31(27)19-22-12-14-24(15-13-22)28(32)29(5-2)6-3/h4,7-15,17,25,27H,1,5-6,16,18-21H2,2-3H3/t25-,27+/m1/s1. The number of hydrogen-bond donors (Lipinski definition) is 0. The maximum atomic E-state index is 12.6. The van der Waals surface area contributed by atoms with E-state index < -0.39 is 0 Å². The van der Waals surface area contributed by atoms with Crippen LogP contribution in [0.5, 0.6) is 0 Å². The van der Waals surface area contributed by atoms with E-state index >= 15 is 0 Å². The fourth-order valence-electron chi connectivity index (χ4n) is 5.10. The van der Waals surface area contributed by atoms with Crippen LogP contribution in [0.25, 0.3) is 5.57 Å². The van der Waals surface area contributed by atoms with E-state index in [1.54, 1.807) is 0 Å². The Morgan fingerprint density at radius 3 is 2.41 bits per heavy atom. The first-order chi connectivity index (χ1) is 15.6. The summed E-state index contributed by atoms with van der Waals surface area (Å²) in [5, 5.41) is 0. The fourth-order valence-corrected chi connectivity index (χ4v) is 5.10. The lowest BCUT2D eigenvalue weighted by Gasteiger charge is -2.45. The van der Waals surface area contributed by atoms with E-state index in [9.17, 15) is 4.79 Å². The number of fused-ring (bicyclic) bond motifs is 3. The van der Waals surface area contributed by atoms with Gasteiger partial charge in [0.2, 0.25) is 0 Å². The Bertz CT molecular complexity index is 946. The van der Waals surface area contributed by atoms with Crippen LogP contribution in [-0.2, 0) is 6.54 Å². The van der Waals surface area contributed by atoms with Crippen LogP contribution in [0.4, 0.5) is 0 Å². The van der Waals surface area contributed by atoms with Gasteiger partial charge in [0.15, 0.2) is 0 Å². The summed E-state index contributed by atoms with van der Waals surface area (Å²) in [4.78, 5) is 19.7. The van der Waals surface area contributed by atoms with Crippen molar-refractivity contribution >= 4 is 11.5 Å². The molecule has 168 valence electrons. The molecule has 3 aliphatic rings. The number of piperazine rings is 1. The molecule has 0 N–H and O–H groups in total. The predicted octanol–water partition coefficient (Wildman–Crippen LogP) is 4.70. The Hall–Kier alpha value is -2.69. The lowest BCUT2D eigenvalue weighted by molar-refractivity contribution is 0.0599. The highest BCUT2D eigenvalue weighted by molar-refractivity contribution is 5.94. The smallest absolute Gasteiger partial charge is 0.253 e. The highest BCUT2D eigenvalue weighted by Gasteiger charge is 2.37. The van der Waals surface area contributed by atoms with E-state index in [0.717, 1.165) is 51.3 Å². The number of nitrogens with zero attached hydrogens (tertiary/aromatic N) is 3. The first-order valence-electron chi connectivity index (χ1n) is 11.9.